The molecule has 3 nitrogen and oxygen atoms in total. The van der Waals surface area contributed by atoms with Gasteiger partial charge in [-0.2, -0.15) is 0 Å². The molecule has 0 aromatic heterocycles. The SMILES string of the molecule is COC(=O)[C@]1(C)C[C@@H]2CC[C@H](O)[C@@H]2C1. The Kier molecular flexibility index (Phi) is 2.30. The summed E-state index contributed by atoms with van der Waals surface area (Å²) in [5, 5.41) is 9.73. The molecule has 0 bridgehead atoms. The molecule has 2 rings (SSSR count). The van der Waals surface area contributed by atoms with E-state index in [4.69, 9.17) is 4.74 Å². The molecule has 14 heavy (non-hydrogen) atoms. The van der Waals surface area contributed by atoms with Crippen LogP contribution in [0, 0.1) is 17.3 Å². The monoisotopic (exact) mass is 198 g/mol. The smallest absolute Gasteiger partial charge is 0.311 e. The van der Waals surface area contributed by atoms with Crippen molar-refractivity contribution in [1.82, 2.24) is 0 Å². The van der Waals surface area contributed by atoms with Crippen LogP contribution in [0.1, 0.15) is 32.6 Å². The van der Waals surface area contributed by atoms with Crippen LogP contribution < -0.4 is 0 Å². The van der Waals surface area contributed by atoms with E-state index in [1.807, 2.05) is 6.92 Å². The first-order valence-electron chi connectivity index (χ1n) is 5.33. The minimum Gasteiger partial charge on any atom is -0.469 e. The van der Waals surface area contributed by atoms with E-state index in [-0.39, 0.29) is 17.5 Å². The fraction of sp³-hybridized carbons (Fsp3) is 0.909. The Labute approximate surface area is 84.4 Å². The van der Waals surface area contributed by atoms with Crippen LogP contribution in [0.4, 0.5) is 0 Å². The molecule has 1 N–H and O–H groups in total. The van der Waals surface area contributed by atoms with Crippen molar-refractivity contribution in [3.05, 3.63) is 0 Å². The number of carbonyl (C=O) groups excluding carboxylic acids is 1. The Morgan fingerprint density at radius 2 is 2.14 bits per heavy atom. The fourth-order valence-corrected chi connectivity index (χ4v) is 3.28. The van der Waals surface area contributed by atoms with Crippen molar-refractivity contribution in [3.63, 3.8) is 0 Å². The van der Waals surface area contributed by atoms with E-state index in [2.05, 4.69) is 0 Å². The van der Waals surface area contributed by atoms with Gasteiger partial charge in [-0.15, -0.1) is 0 Å². The molecule has 2 saturated carbocycles. The zero-order valence-corrected chi connectivity index (χ0v) is 8.82. The van der Waals surface area contributed by atoms with Crippen molar-refractivity contribution in [2.24, 2.45) is 17.3 Å². The molecule has 3 heteroatoms. The average molecular weight is 198 g/mol. The van der Waals surface area contributed by atoms with Crippen LogP contribution in [0.5, 0.6) is 0 Å². The number of rotatable bonds is 1. The summed E-state index contributed by atoms with van der Waals surface area (Å²) in [4.78, 5) is 11.6. The first-order valence-corrected chi connectivity index (χ1v) is 5.33. The van der Waals surface area contributed by atoms with Crippen LogP contribution in [-0.2, 0) is 9.53 Å². The molecule has 0 aromatic rings. The molecule has 0 heterocycles. The zero-order valence-electron chi connectivity index (χ0n) is 8.82. The maximum absolute atomic E-state index is 11.6. The largest absolute Gasteiger partial charge is 0.469 e. The van der Waals surface area contributed by atoms with E-state index in [0.717, 1.165) is 25.7 Å². The molecule has 0 saturated heterocycles. The molecule has 80 valence electrons. The summed E-state index contributed by atoms with van der Waals surface area (Å²) >= 11 is 0. The molecule has 0 radical (unpaired) electrons. The first-order chi connectivity index (χ1) is 6.57. The molecule has 2 fully saturated rings. The van der Waals surface area contributed by atoms with Gasteiger partial charge >= 0.3 is 5.97 Å². The van der Waals surface area contributed by atoms with Crippen molar-refractivity contribution < 1.29 is 14.6 Å². The predicted molar refractivity (Wildman–Crippen MR) is 51.6 cm³/mol. The minimum atomic E-state index is -0.342. The number of carbonyl (C=O) groups is 1. The van der Waals surface area contributed by atoms with Crippen LogP contribution in [-0.4, -0.2) is 24.3 Å². The number of aliphatic hydroxyl groups excluding tert-OH is 1. The molecule has 0 amide bonds. The second-order valence-corrected chi connectivity index (χ2v) is 5.03. The van der Waals surface area contributed by atoms with Crippen molar-refractivity contribution in [2.75, 3.05) is 7.11 Å². The number of ether oxygens (including phenoxy) is 1. The quantitative estimate of drug-likeness (QED) is 0.647. The standard InChI is InChI=1S/C11H18O3/c1-11(10(13)14-2)5-7-3-4-9(12)8(7)6-11/h7-9,12H,3-6H2,1-2H3/t7-,8+,9-,11+/m0/s1. The summed E-state index contributed by atoms with van der Waals surface area (Å²) in [5.41, 5.74) is -0.342. The van der Waals surface area contributed by atoms with E-state index in [0.29, 0.717) is 11.8 Å². The Balaban J connectivity index is 2.11. The zero-order chi connectivity index (χ0) is 10.3. The summed E-state index contributed by atoms with van der Waals surface area (Å²) in [6, 6.07) is 0. The fourth-order valence-electron chi connectivity index (χ4n) is 3.28. The number of esters is 1. The van der Waals surface area contributed by atoms with E-state index in [1.165, 1.54) is 7.11 Å². The lowest BCUT2D eigenvalue weighted by Crippen LogP contribution is -2.27. The Morgan fingerprint density at radius 3 is 2.71 bits per heavy atom. The van der Waals surface area contributed by atoms with Gasteiger partial charge in [0.2, 0.25) is 0 Å². The van der Waals surface area contributed by atoms with E-state index < -0.39 is 0 Å². The Morgan fingerprint density at radius 1 is 1.43 bits per heavy atom. The molecule has 0 aromatic carbocycles. The maximum atomic E-state index is 11.6. The third-order valence-electron chi connectivity index (χ3n) is 4.01. The number of methoxy groups -OCH3 is 1. The van der Waals surface area contributed by atoms with Crippen LogP contribution in [0.15, 0.2) is 0 Å². The van der Waals surface area contributed by atoms with Gasteiger partial charge in [-0.1, -0.05) is 0 Å². The topological polar surface area (TPSA) is 46.5 Å². The van der Waals surface area contributed by atoms with Gasteiger partial charge in [-0.25, -0.2) is 0 Å². The highest BCUT2D eigenvalue weighted by atomic mass is 16.5. The van der Waals surface area contributed by atoms with E-state index >= 15 is 0 Å². The predicted octanol–water partition coefficient (Wildman–Crippen LogP) is 1.35. The number of hydrogen-bond acceptors (Lipinski definition) is 3. The first kappa shape index (κ1) is 9.97. The summed E-state index contributed by atoms with van der Waals surface area (Å²) in [6.45, 7) is 1.96. The number of fused-ring (bicyclic) bond motifs is 1. The van der Waals surface area contributed by atoms with Gasteiger partial charge in [-0.3, -0.25) is 4.79 Å². The maximum Gasteiger partial charge on any atom is 0.311 e. The molecule has 2 aliphatic carbocycles. The molecular formula is C11H18O3. The van der Waals surface area contributed by atoms with Gasteiger partial charge in [0.25, 0.3) is 0 Å². The van der Waals surface area contributed by atoms with E-state index in [1.54, 1.807) is 0 Å². The number of aliphatic hydroxyl groups is 1. The third-order valence-corrected chi connectivity index (χ3v) is 4.01. The summed E-state index contributed by atoms with van der Waals surface area (Å²) in [6.07, 6.45) is 3.48. The van der Waals surface area contributed by atoms with Crippen molar-refractivity contribution >= 4 is 5.97 Å². The lowest BCUT2D eigenvalue weighted by atomic mass is 9.86. The van der Waals surface area contributed by atoms with E-state index in [9.17, 15) is 9.90 Å². The van der Waals surface area contributed by atoms with Crippen LogP contribution >= 0.6 is 0 Å². The van der Waals surface area contributed by atoms with Gasteiger partial charge in [0.15, 0.2) is 0 Å². The molecular weight excluding hydrogens is 180 g/mol. The highest BCUT2D eigenvalue weighted by Gasteiger charge is 2.52. The molecule has 0 unspecified atom stereocenters. The third kappa shape index (κ3) is 1.34. The van der Waals surface area contributed by atoms with Crippen LogP contribution in [0.25, 0.3) is 0 Å². The highest BCUT2D eigenvalue weighted by molar-refractivity contribution is 5.76. The van der Waals surface area contributed by atoms with Gasteiger partial charge in [0.1, 0.15) is 0 Å². The van der Waals surface area contributed by atoms with Gasteiger partial charge in [0.05, 0.1) is 18.6 Å². The minimum absolute atomic E-state index is 0.112. The van der Waals surface area contributed by atoms with Crippen LogP contribution in [0.2, 0.25) is 0 Å². The Hall–Kier alpha value is -0.570. The van der Waals surface area contributed by atoms with Gasteiger partial charge in [-0.05, 0) is 44.4 Å². The summed E-state index contributed by atoms with van der Waals surface area (Å²) in [5.74, 6) is 0.757. The highest BCUT2D eigenvalue weighted by Crippen LogP contribution is 2.53. The van der Waals surface area contributed by atoms with Gasteiger partial charge in [0, 0.05) is 0 Å². The summed E-state index contributed by atoms with van der Waals surface area (Å²) < 4.78 is 4.82. The number of hydrogen-bond donors (Lipinski definition) is 1. The molecule has 4 atom stereocenters. The van der Waals surface area contributed by atoms with Gasteiger partial charge < -0.3 is 9.84 Å². The lowest BCUT2D eigenvalue weighted by Gasteiger charge is -2.22. The second-order valence-electron chi connectivity index (χ2n) is 5.03. The van der Waals surface area contributed by atoms with Crippen molar-refractivity contribution in [2.45, 2.75) is 38.7 Å². The summed E-state index contributed by atoms with van der Waals surface area (Å²) in [7, 11) is 1.44. The average Bonchev–Trinajstić information content (AvgIpc) is 2.65. The molecule has 0 aliphatic heterocycles. The lowest BCUT2D eigenvalue weighted by molar-refractivity contribution is -0.151. The second kappa shape index (κ2) is 3.23. The Bertz CT molecular complexity index is 251. The van der Waals surface area contributed by atoms with Crippen molar-refractivity contribution in [1.29, 1.82) is 0 Å². The normalized spacial score (nSPS) is 46.4. The molecule has 2 aliphatic rings. The molecule has 0 spiro atoms. The van der Waals surface area contributed by atoms with Crippen LogP contribution in [0.3, 0.4) is 0 Å². The van der Waals surface area contributed by atoms with Crippen molar-refractivity contribution in [3.8, 4) is 0 Å².